The highest BCUT2D eigenvalue weighted by Crippen LogP contribution is 2.35. The van der Waals surface area contributed by atoms with E-state index in [1.807, 2.05) is 30.3 Å². The second kappa shape index (κ2) is 6.32. The Morgan fingerprint density at radius 3 is 2.09 bits per heavy atom. The van der Waals surface area contributed by atoms with Crippen molar-refractivity contribution in [1.29, 1.82) is 0 Å². The molecule has 0 nitrogen and oxygen atoms in total. The number of rotatable bonds is 1. The molecule has 0 saturated carbocycles. The van der Waals surface area contributed by atoms with Crippen LogP contribution in [0.1, 0.15) is 26.3 Å². The highest BCUT2D eigenvalue weighted by molar-refractivity contribution is 6.87. The lowest BCUT2D eigenvalue weighted by molar-refractivity contribution is 0.731. The summed E-state index contributed by atoms with van der Waals surface area (Å²) in [5.74, 6) is 3.32. The smallest absolute Gasteiger partial charge is 0.126 e. The summed E-state index contributed by atoms with van der Waals surface area (Å²) in [6, 6.07) is 16.4. The average molecular weight is 327 g/mol. The number of hydrogen-bond donors (Lipinski definition) is 0. The fourth-order valence-corrected chi connectivity index (χ4v) is 2.89. The first-order chi connectivity index (χ1) is 10.2. The first kappa shape index (κ1) is 16.9. The molecule has 0 saturated heterocycles. The Morgan fingerprint density at radius 2 is 1.55 bits per heavy atom. The molecule has 0 aliphatic rings. The summed E-state index contributed by atoms with van der Waals surface area (Å²) in [6.07, 6.45) is 0. The van der Waals surface area contributed by atoms with Crippen molar-refractivity contribution in [2.75, 3.05) is 0 Å². The zero-order valence-electron chi connectivity index (χ0n) is 14.0. The minimum absolute atomic E-state index is 0.260. The van der Waals surface area contributed by atoms with Crippen LogP contribution in [0.3, 0.4) is 0 Å². The molecule has 0 aliphatic carbocycles. The van der Waals surface area contributed by atoms with Gasteiger partial charge in [0.1, 0.15) is 8.07 Å². The molecule has 2 heteroatoms. The van der Waals surface area contributed by atoms with Gasteiger partial charge < -0.3 is 0 Å². The second-order valence-corrected chi connectivity index (χ2v) is 12.6. The van der Waals surface area contributed by atoms with Gasteiger partial charge in [-0.05, 0) is 28.3 Å². The van der Waals surface area contributed by atoms with E-state index < -0.39 is 8.07 Å². The molecule has 0 aliphatic heterocycles. The molecule has 0 N–H and O–H groups in total. The van der Waals surface area contributed by atoms with Crippen molar-refractivity contribution >= 4 is 19.7 Å². The molecule has 0 heterocycles. The Bertz CT molecular complexity index is 713. The van der Waals surface area contributed by atoms with Crippen molar-refractivity contribution in [2.45, 2.75) is 38.9 Å². The van der Waals surface area contributed by atoms with E-state index in [-0.39, 0.29) is 5.04 Å². The molecule has 0 atom stereocenters. The summed E-state index contributed by atoms with van der Waals surface area (Å²) < 4.78 is 0. The fraction of sp³-hybridized carbons (Fsp3) is 0.300. The SMILES string of the molecule is CC(C)(C)[Si](C)(C)C#Cc1ccc(-c2ccccc2)cc1Cl. The molecular weight excluding hydrogens is 304 g/mol. The predicted octanol–water partition coefficient (Wildman–Crippen LogP) is 6.41. The maximum absolute atomic E-state index is 6.44. The van der Waals surface area contributed by atoms with Gasteiger partial charge in [0.2, 0.25) is 0 Å². The van der Waals surface area contributed by atoms with Gasteiger partial charge >= 0.3 is 0 Å². The van der Waals surface area contributed by atoms with Crippen LogP contribution in [0.5, 0.6) is 0 Å². The van der Waals surface area contributed by atoms with Gasteiger partial charge in [-0.2, -0.15) is 0 Å². The maximum Gasteiger partial charge on any atom is 0.138 e. The first-order valence-corrected chi connectivity index (χ1v) is 11.0. The summed E-state index contributed by atoms with van der Waals surface area (Å²) in [7, 11) is -1.61. The van der Waals surface area contributed by atoms with E-state index in [9.17, 15) is 0 Å². The normalized spacial score (nSPS) is 11.7. The van der Waals surface area contributed by atoms with Crippen molar-refractivity contribution in [3.05, 3.63) is 59.1 Å². The Hall–Kier alpha value is -1.49. The van der Waals surface area contributed by atoms with Gasteiger partial charge in [0.25, 0.3) is 0 Å². The van der Waals surface area contributed by atoms with E-state index in [2.05, 4.69) is 63.5 Å². The maximum atomic E-state index is 6.44. The third-order valence-corrected chi connectivity index (χ3v) is 9.27. The fourth-order valence-electron chi connectivity index (χ4n) is 1.84. The molecule has 2 aromatic carbocycles. The topological polar surface area (TPSA) is 0 Å². The number of benzene rings is 2. The van der Waals surface area contributed by atoms with Crippen molar-refractivity contribution in [3.8, 4) is 22.6 Å². The van der Waals surface area contributed by atoms with Crippen LogP contribution in [0.15, 0.2) is 48.5 Å². The van der Waals surface area contributed by atoms with Crippen molar-refractivity contribution in [3.63, 3.8) is 0 Å². The third kappa shape index (κ3) is 3.83. The zero-order chi connectivity index (χ0) is 16.4. The molecule has 22 heavy (non-hydrogen) atoms. The lowest BCUT2D eigenvalue weighted by atomic mass is 10.0. The van der Waals surface area contributed by atoms with Crippen molar-refractivity contribution in [2.24, 2.45) is 0 Å². The second-order valence-electron chi connectivity index (χ2n) is 7.19. The molecule has 0 spiro atoms. The number of hydrogen-bond acceptors (Lipinski definition) is 0. The monoisotopic (exact) mass is 326 g/mol. The van der Waals surface area contributed by atoms with Gasteiger partial charge in [0, 0.05) is 5.56 Å². The molecule has 2 rings (SSSR count). The van der Waals surface area contributed by atoms with Gasteiger partial charge in [0.15, 0.2) is 0 Å². The predicted molar refractivity (Wildman–Crippen MR) is 101 cm³/mol. The standard InChI is InChI=1S/C20H23ClSi/c1-20(2,3)22(4,5)14-13-17-11-12-18(15-19(17)21)16-9-7-6-8-10-16/h6-12,15H,1-5H3. The van der Waals surface area contributed by atoms with Crippen LogP contribution < -0.4 is 0 Å². The largest absolute Gasteiger partial charge is 0.138 e. The average Bonchev–Trinajstić information content (AvgIpc) is 2.45. The Kier molecular flexibility index (Phi) is 4.85. The van der Waals surface area contributed by atoms with E-state index in [1.165, 1.54) is 5.56 Å². The lowest BCUT2D eigenvalue weighted by Gasteiger charge is -2.31. The number of halogens is 1. The van der Waals surface area contributed by atoms with E-state index in [4.69, 9.17) is 11.6 Å². The molecule has 0 bridgehead atoms. The van der Waals surface area contributed by atoms with Crippen molar-refractivity contribution < 1.29 is 0 Å². The summed E-state index contributed by atoms with van der Waals surface area (Å²) in [5, 5.41) is 0.990. The Labute approximate surface area is 140 Å². The van der Waals surface area contributed by atoms with E-state index in [0.29, 0.717) is 0 Å². The van der Waals surface area contributed by atoms with Gasteiger partial charge in [-0.1, -0.05) is 87.8 Å². The summed E-state index contributed by atoms with van der Waals surface area (Å²) in [5.41, 5.74) is 6.74. The highest BCUT2D eigenvalue weighted by atomic mass is 35.5. The molecule has 0 fully saturated rings. The Balaban J connectivity index is 2.33. The quantitative estimate of drug-likeness (QED) is 0.420. The van der Waals surface area contributed by atoms with Crippen LogP contribution in [0, 0.1) is 11.5 Å². The summed E-state index contributed by atoms with van der Waals surface area (Å²) in [6.45, 7) is 11.4. The van der Waals surface area contributed by atoms with Crippen LogP contribution in [0.4, 0.5) is 0 Å². The van der Waals surface area contributed by atoms with E-state index in [1.54, 1.807) is 0 Å². The summed E-state index contributed by atoms with van der Waals surface area (Å²) >= 11 is 6.44. The Morgan fingerprint density at radius 1 is 0.909 bits per heavy atom. The molecule has 2 aromatic rings. The molecular formula is C20H23ClSi. The molecule has 0 unspecified atom stereocenters. The molecule has 0 radical (unpaired) electrons. The third-order valence-electron chi connectivity index (χ3n) is 4.46. The van der Waals surface area contributed by atoms with Crippen molar-refractivity contribution in [1.82, 2.24) is 0 Å². The summed E-state index contributed by atoms with van der Waals surface area (Å²) in [4.78, 5) is 0. The van der Waals surface area contributed by atoms with Gasteiger partial charge in [0.05, 0.1) is 5.02 Å². The van der Waals surface area contributed by atoms with E-state index in [0.717, 1.165) is 16.1 Å². The lowest BCUT2D eigenvalue weighted by Crippen LogP contribution is -2.35. The van der Waals surface area contributed by atoms with Crippen LogP contribution in [0.2, 0.25) is 23.2 Å². The first-order valence-electron chi connectivity index (χ1n) is 7.59. The molecule has 0 amide bonds. The minimum atomic E-state index is -1.61. The van der Waals surface area contributed by atoms with Gasteiger partial charge in [-0.25, -0.2) is 0 Å². The van der Waals surface area contributed by atoms with Crippen LogP contribution in [-0.4, -0.2) is 8.07 Å². The minimum Gasteiger partial charge on any atom is -0.126 e. The van der Waals surface area contributed by atoms with Gasteiger partial charge in [-0.3, -0.25) is 0 Å². The zero-order valence-corrected chi connectivity index (χ0v) is 15.8. The van der Waals surface area contributed by atoms with E-state index >= 15 is 0 Å². The highest BCUT2D eigenvalue weighted by Gasteiger charge is 2.33. The molecule has 0 aromatic heterocycles. The van der Waals surface area contributed by atoms with Crippen LogP contribution >= 0.6 is 11.6 Å². The van der Waals surface area contributed by atoms with Crippen LogP contribution in [0.25, 0.3) is 11.1 Å². The van der Waals surface area contributed by atoms with Gasteiger partial charge in [-0.15, -0.1) is 5.54 Å². The molecule has 114 valence electrons. The van der Waals surface area contributed by atoms with Crippen LogP contribution in [-0.2, 0) is 0 Å².